The van der Waals surface area contributed by atoms with Crippen molar-refractivity contribution in [2.45, 2.75) is 38.9 Å². The summed E-state index contributed by atoms with van der Waals surface area (Å²) >= 11 is 0. The summed E-state index contributed by atoms with van der Waals surface area (Å²) in [7, 11) is -1.18. The Morgan fingerprint density at radius 3 is 2.00 bits per heavy atom. The molecule has 6 heteroatoms. The van der Waals surface area contributed by atoms with Gasteiger partial charge < -0.3 is 5.32 Å². The van der Waals surface area contributed by atoms with E-state index in [2.05, 4.69) is 15.3 Å². The lowest BCUT2D eigenvalue weighted by Crippen LogP contribution is -2.17. The van der Waals surface area contributed by atoms with Gasteiger partial charge in [0.1, 0.15) is 11.6 Å². The number of hydrogen-bond acceptors (Lipinski definition) is 5. The highest BCUT2D eigenvalue weighted by Gasteiger charge is 2.14. The van der Waals surface area contributed by atoms with Gasteiger partial charge in [0.15, 0.2) is 9.84 Å². The van der Waals surface area contributed by atoms with Crippen LogP contribution in [0.4, 0.5) is 0 Å². The monoisotopic (exact) mass is 285 g/mol. The number of aryl methyl sites for hydroxylation is 2. The Labute approximate surface area is 115 Å². The minimum absolute atomic E-state index is 0.0840. The number of nitrogens with zero attached hydrogens (tertiary/aromatic N) is 2. The zero-order chi connectivity index (χ0) is 14.5. The van der Waals surface area contributed by atoms with Gasteiger partial charge >= 0.3 is 0 Å². The van der Waals surface area contributed by atoms with Crippen LogP contribution < -0.4 is 5.32 Å². The number of nitrogens with one attached hydrogen (secondary N) is 1. The fourth-order valence-electron chi connectivity index (χ4n) is 2.06. The molecule has 0 aliphatic rings. The Balaban J connectivity index is 3.19. The molecule has 0 aromatic carbocycles. The van der Waals surface area contributed by atoms with Crippen LogP contribution in [-0.4, -0.2) is 38.2 Å². The van der Waals surface area contributed by atoms with E-state index in [1.807, 2.05) is 20.9 Å². The van der Waals surface area contributed by atoms with E-state index in [0.717, 1.165) is 42.8 Å². The molecule has 0 radical (unpaired) electrons. The molecule has 0 aliphatic carbocycles. The number of likely N-dealkylation sites (N-methyl/N-ethyl adjacent to an activating group) is 1. The summed E-state index contributed by atoms with van der Waals surface area (Å²) in [5.74, 6) is 0.337. The zero-order valence-electron chi connectivity index (χ0n) is 12.2. The van der Waals surface area contributed by atoms with Crippen molar-refractivity contribution >= 4 is 9.84 Å². The largest absolute Gasteiger partial charge is 0.319 e. The summed E-state index contributed by atoms with van der Waals surface area (Å²) in [5.41, 5.74) is 3.11. The molecule has 1 N–H and O–H groups in total. The van der Waals surface area contributed by atoms with Crippen molar-refractivity contribution in [2.24, 2.45) is 0 Å². The Morgan fingerprint density at radius 1 is 1.11 bits per heavy atom. The van der Waals surface area contributed by atoms with E-state index in [-0.39, 0.29) is 5.75 Å². The van der Waals surface area contributed by atoms with Crippen molar-refractivity contribution in [3.8, 4) is 0 Å². The molecule has 1 aromatic rings. The first-order valence-electron chi connectivity index (χ1n) is 6.61. The fourth-order valence-corrected chi connectivity index (χ4v) is 2.66. The second-order valence-corrected chi connectivity index (χ2v) is 6.78. The molecule has 0 atom stereocenters. The number of hydrogen-bond donors (Lipinski definition) is 1. The molecule has 108 valence electrons. The smallest absolute Gasteiger partial charge is 0.154 e. The summed E-state index contributed by atoms with van der Waals surface area (Å²) in [6.45, 7) is 4.94. The van der Waals surface area contributed by atoms with Gasteiger partial charge in [-0.2, -0.15) is 0 Å². The minimum atomic E-state index is -3.09. The maximum Gasteiger partial charge on any atom is 0.154 e. The van der Waals surface area contributed by atoms with E-state index >= 15 is 0 Å². The highest BCUT2D eigenvalue weighted by Crippen LogP contribution is 2.15. The molecule has 1 aromatic heterocycles. The Hall–Kier alpha value is -1.01. The molecule has 0 amide bonds. The second-order valence-electron chi connectivity index (χ2n) is 4.64. The zero-order valence-corrected chi connectivity index (χ0v) is 13.0. The third-order valence-corrected chi connectivity index (χ3v) is 3.69. The standard InChI is InChI=1S/C13H23N3O2S/c1-5-11-10(7-8-14-3)12(6-2)16-13(15-11)9-19(4,17)18/h14H,5-9H2,1-4H3. The normalized spacial score (nSPS) is 11.8. The molecule has 1 heterocycles. The van der Waals surface area contributed by atoms with Gasteiger partial charge in [0.2, 0.25) is 0 Å². The van der Waals surface area contributed by atoms with Crippen molar-refractivity contribution in [1.82, 2.24) is 15.3 Å². The van der Waals surface area contributed by atoms with E-state index in [4.69, 9.17) is 0 Å². The van der Waals surface area contributed by atoms with Crippen LogP contribution in [0.2, 0.25) is 0 Å². The molecule has 0 bridgehead atoms. The van der Waals surface area contributed by atoms with Gasteiger partial charge in [0.25, 0.3) is 0 Å². The van der Waals surface area contributed by atoms with Crippen LogP contribution in [-0.2, 0) is 34.9 Å². The molecule has 0 saturated heterocycles. The SMILES string of the molecule is CCc1nc(CS(C)(=O)=O)nc(CC)c1CCNC. The van der Waals surface area contributed by atoms with Crippen LogP contribution in [0.25, 0.3) is 0 Å². The lowest BCUT2D eigenvalue weighted by atomic mass is 10.0. The molecule has 0 saturated carbocycles. The van der Waals surface area contributed by atoms with Crippen LogP contribution >= 0.6 is 0 Å². The van der Waals surface area contributed by atoms with E-state index in [1.54, 1.807) is 0 Å². The van der Waals surface area contributed by atoms with E-state index < -0.39 is 9.84 Å². The van der Waals surface area contributed by atoms with Gasteiger partial charge in [0.05, 0.1) is 0 Å². The Bertz CT molecular complexity index is 502. The average Bonchev–Trinajstić information content (AvgIpc) is 2.34. The molecule has 1 rings (SSSR count). The van der Waals surface area contributed by atoms with Crippen LogP contribution in [0.1, 0.15) is 36.6 Å². The second kappa shape index (κ2) is 6.96. The third-order valence-electron chi connectivity index (χ3n) is 2.91. The van der Waals surface area contributed by atoms with Crippen molar-refractivity contribution in [2.75, 3.05) is 19.8 Å². The summed E-state index contributed by atoms with van der Waals surface area (Å²) in [6.07, 6.45) is 3.68. The van der Waals surface area contributed by atoms with E-state index in [0.29, 0.717) is 5.82 Å². The minimum Gasteiger partial charge on any atom is -0.319 e. The number of aromatic nitrogens is 2. The fraction of sp³-hybridized carbons (Fsp3) is 0.692. The summed E-state index contributed by atoms with van der Waals surface area (Å²) in [5, 5.41) is 3.12. The van der Waals surface area contributed by atoms with E-state index in [1.165, 1.54) is 6.26 Å². The average molecular weight is 285 g/mol. The highest BCUT2D eigenvalue weighted by molar-refractivity contribution is 7.89. The van der Waals surface area contributed by atoms with Gasteiger partial charge in [-0.1, -0.05) is 13.8 Å². The number of sulfone groups is 1. The first-order chi connectivity index (χ1) is 8.91. The van der Waals surface area contributed by atoms with Crippen LogP contribution in [0.3, 0.4) is 0 Å². The maximum absolute atomic E-state index is 11.4. The molecule has 5 nitrogen and oxygen atoms in total. The van der Waals surface area contributed by atoms with Gasteiger partial charge in [-0.25, -0.2) is 18.4 Å². The first kappa shape index (κ1) is 16.0. The van der Waals surface area contributed by atoms with Gasteiger partial charge in [0, 0.05) is 17.6 Å². The molecule has 0 aliphatic heterocycles. The topological polar surface area (TPSA) is 72.0 Å². The predicted molar refractivity (Wildman–Crippen MR) is 77.0 cm³/mol. The summed E-state index contributed by atoms with van der Waals surface area (Å²) in [6, 6.07) is 0. The first-order valence-corrected chi connectivity index (χ1v) is 8.67. The lowest BCUT2D eigenvalue weighted by molar-refractivity contribution is 0.599. The molecule has 0 unspecified atom stereocenters. The van der Waals surface area contributed by atoms with Crippen molar-refractivity contribution in [3.63, 3.8) is 0 Å². The molecular weight excluding hydrogens is 262 g/mol. The van der Waals surface area contributed by atoms with Crippen molar-refractivity contribution < 1.29 is 8.42 Å². The van der Waals surface area contributed by atoms with Crippen molar-refractivity contribution in [3.05, 3.63) is 22.8 Å². The predicted octanol–water partition coefficient (Wildman–Crippen LogP) is 0.908. The molecule has 0 spiro atoms. The molecular formula is C13H23N3O2S. The third kappa shape index (κ3) is 4.87. The summed E-state index contributed by atoms with van der Waals surface area (Å²) < 4.78 is 22.7. The van der Waals surface area contributed by atoms with Gasteiger partial charge in [-0.3, -0.25) is 0 Å². The van der Waals surface area contributed by atoms with Crippen LogP contribution in [0, 0.1) is 0 Å². The summed E-state index contributed by atoms with van der Waals surface area (Å²) in [4.78, 5) is 8.84. The molecule has 0 fully saturated rings. The Kier molecular flexibility index (Phi) is 5.87. The maximum atomic E-state index is 11.4. The van der Waals surface area contributed by atoms with Crippen LogP contribution in [0.15, 0.2) is 0 Å². The van der Waals surface area contributed by atoms with Crippen molar-refractivity contribution in [1.29, 1.82) is 0 Å². The van der Waals surface area contributed by atoms with Gasteiger partial charge in [-0.15, -0.1) is 0 Å². The van der Waals surface area contributed by atoms with Gasteiger partial charge in [-0.05, 0) is 38.4 Å². The molecule has 19 heavy (non-hydrogen) atoms. The lowest BCUT2D eigenvalue weighted by Gasteiger charge is -2.13. The highest BCUT2D eigenvalue weighted by atomic mass is 32.2. The number of rotatable bonds is 7. The Morgan fingerprint density at radius 2 is 1.63 bits per heavy atom. The van der Waals surface area contributed by atoms with E-state index in [9.17, 15) is 8.42 Å². The van der Waals surface area contributed by atoms with Crippen LogP contribution in [0.5, 0.6) is 0 Å². The quantitative estimate of drug-likeness (QED) is 0.806.